The van der Waals surface area contributed by atoms with Crippen molar-refractivity contribution < 1.29 is 18.0 Å². The van der Waals surface area contributed by atoms with Crippen LogP contribution < -0.4 is 5.32 Å². The van der Waals surface area contributed by atoms with E-state index < -0.39 is 12.1 Å². The fourth-order valence-corrected chi connectivity index (χ4v) is 2.76. The normalized spacial score (nSPS) is 18.3. The molecule has 0 radical (unpaired) electrons. The zero-order chi connectivity index (χ0) is 13.9. The smallest absolute Gasteiger partial charge is 0.347 e. The molecule has 1 N–H and O–H groups in total. The molecule has 1 aromatic rings. The number of nitrogens with one attached hydrogen (secondary N) is 1. The summed E-state index contributed by atoms with van der Waals surface area (Å²) in [5, 5.41) is 2.04. The summed E-state index contributed by atoms with van der Waals surface area (Å²) in [6.07, 6.45) is -1.21. The van der Waals surface area contributed by atoms with Crippen LogP contribution in [0.3, 0.4) is 0 Å². The third kappa shape index (κ3) is 3.08. The number of amides is 1. The molecule has 19 heavy (non-hydrogen) atoms. The summed E-state index contributed by atoms with van der Waals surface area (Å²) in [5.41, 5.74) is 0.664. The van der Waals surface area contributed by atoms with Gasteiger partial charge in [0.05, 0.1) is 0 Å². The Hall–Kier alpha value is -1.52. The molecule has 1 aliphatic rings. The second kappa shape index (κ2) is 5.23. The van der Waals surface area contributed by atoms with Gasteiger partial charge in [-0.15, -0.1) is 0 Å². The predicted octanol–water partition coefficient (Wildman–Crippen LogP) is 3.18. The van der Waals surface area contributed by atoms with Crippen LogP contribution in [0.25, 0.3) is 0 Å². The van der Waals surface area contributed by atoms with E-state index in [1.807, 2.05) is 35.6 Å². The Morgan fingerprint density at radius 3 is 2.26 bits per heavy atom. The maximum Gasteiger partial charge on any atom is 0.471 e. The van der Waals surface area contributed by atoms with Crippen molar-refractivity contribution in [2.75, 3.05) is 6.54 Å². The number of rotatable bonds is 3. The Bertz CT molecular complexity index is 436. The summed E-state index contributed by atoms with van der Waals surface area (Å²) in [7, 11) is 0. The van der Waals surface area contributed by atoms with Gasteiger partial charge in [-0.05, 0) is 18.4 Å². The maximum absolute atomic E-state index is 12.2. The molecule has 1 aromatic carbocycles. The molecular formula is C14H16F3NO. The van der Waals surface area contributed by atoms with Crippen LogP contribution in [-0.2, 0) is 10.2 Å². The maximum atomic E-state index is 12.2. The van der Waals surface area contributed by atoms with Crippen LogP contribution in [0.15, 0.2) is 30.3 Å². The van der Waals surface area contributed by atoms with E-state index in [-0.39, 0.29) is 12.0 Å². The molecule has 2 nitrogen and oxygen atoms in total. The molecular weight excluding hydrogens is 255 g/mol. The third-order valence-corrected chi connectivity index (χ3v) is 3.79. The van der Waals surface area contributed by atoms with Crippen LogP contribution in [0.1, 0.15) is 31.2 Å². The van der Waals surface area contributed by atoms with Crippen LogP contribution in [-0.4, -0.2) is 18.6 Å². The van der Waals surface area contributed by atoms with Gasteiger partial charge in [-0.3, -0.25) is 4.79 Å². The zero-order valence-corrected chi connectivity index (χ0v) is 10.5. The van der Waals surface area contributed by atoms with Gasteiger partial charge in [0.15, 0.2) is 0 Å². The van der Waals surface area contributed by atoms with Gasteiger partial charge < -0.3 is 5.32 Å². The van der Waals surface area contributed by atoms with Crippen molar-refractivity contribution in [3.05, 3.63) is 35.9 Å². The molecule has 0 bridgehead atoms. The quantitative estimate of drug-likeness (QED) is 0.898. The van der Waals surface area contributed by atoms with Crippen molar-refractivity contribution in [2.24, 2.45) is 0 Å². The first kappa shape index (κ1) is 13.9. The fourth-order valence-electron chi connectivity index (χ4n) is 2.76. The van der Waals surface area contributed by atoms with E-state index in [1.165, 1.54) is 0 Å². The van der Waals surface area contributed by atoms with Gasteiger partial charge in [0, 0.05) is 12.0 Å². The van der Waals surface area contributed by atoms with Gasteiger partial charge in [0.2, 0.25) is 0 Å². The molecule has 0 heterocycles. The van der Waals surface area contributed by atoms with Gasteiger partial charge in [-0.2, -0.15) is 13.2 Å². The monoisotopic (exact) mass is 271 g/mol. The van der Waals surface area contributed by atoms with Gasteiger partial charge in [-0.25, -0.2) is 0 Å². The molecule has 1 saturated carbocycles. The summed E-state index contributed by atoms with van der Waals surface area (Å²) in [4.78, 5) is 11.0. The lowest BCUT2D eigenvalue weighted by atomic mass is 9.79. The average Bonchev–Trinajstić information content (AvgIpc) is 2.86. The van der Waals surface area contributed by atoms with E-state index in [9.17, 15) is 18.0 Å². The Morgan fingerprint density at radius 2 is 1.74 bits per heavy atom. The van der Waals surface area contributed by atoms with Crippen molar-refractivity contribution in [3.63, 3.8) is 0 Å². The van der Waals surface area contributed by atoms with Crippen LogP contribution in [0.5, 0.6) is 0 Å². The number of hydrogen-bond donors (Lipinski definition) is 1. The molecule has 0 aromatic heterocycles. The number of carbonyl (C=O) groups is 1. The Kier molecular flexibility index (Phi) is 3.83. The summed E-state index contributed by atoms with van der Waals surface area (Å²) in [5.74, 6) is -1.85. The summed E-state index contributed by atoms with van der Waals surface area (Å²) < 4.78 is 36.7. The largest absolute Gasteiger partial charge is 0.471 e. The van der Waals surface area contributed by atoms with Crippen molar-refractivity contribution >= 4 is 5.91 Å². The molecule has 5 heteroatoms. The molecule has 2 rings (SSSR count). The predicted molar refractivity (Wildman–Crippen MR) is 65.7 cm³/mol. The molecule has 104 valence electrons. The first-order chi connectivity index (χ1) is 8.94. The molecule has 0 spiro atoms. The topological polar surface area (TPSA) is 29.1 Å². The SMILES string of the molecule is O=C(NCC1(c2ccccc2)CCCC1)C(F)(F)F. The summed E-state index contributed by atoms with van der Waals surface area (Å²) in [6.45, 7) is 0.0509. The minimum absolute atomic E-state index is 0.0509. The van der Waals surface area contributed by atoms with E-state index in [0.29, 0.717) is 0 Å². The van der Waals surface area contributed by atoms with E-state index in [4.69, 9.17) is 0 Å². The zero-order valence-electron chi connectivity index (χ0n) is 10.5. The van der Waals surface area contributed by atoms with Crippen LogP contribution >= 0.6 is 0 Å². The second-order valence-corrected chi connectivity index (χ2v) is 5.03. The molecule has 0 saturated heterocycles. The highest BCUT2D eigenvalue weighted by Gasteiger charge is 2.41. The third-order valence-electron chi connectivity index (χ3n) is 3.79. The molecule has 0 unspecified atom stereocenters. The van der Waals surface area contributed by atoms with Crippen LogP contribution in [0, 0.1) is 0 Å². The van der Waals surface area contributed by atoms with E-state index in [0.717, 1.165) is 31.2 Å². The second-order valence-electron chi connectivity index (χ2n) is 5.03. The van der Waals surface area contributed by atoms with Crippen molar-refractivity contribution in [2.45, 2.75) is 37.3 Å². The lowest BCUT2D eigenvalue weighted by Gasteiger charge is -2.30. The number of benzene rings is 1. The molecule has 1 fully saturated rings. The van der Waals surface area contributed by atoms with Gasteiger partial charge in [-0.1, -0.05) is 43.2 Å². The summed E-state index contributed by atoms with van der Waals surface area (Å²) >= 11 is 0. The summed E-state index contributed by atoms with van der Waals surface area (Å²) in [6, 6.07) is 9.47. The number of carbonyl (C=O) groups excluding carboxylic acids is 1. The van der Waals surface area contributed by atoms with E-state index in [1.54, 1.807) is 0 Å². The van der Waals surface area contributed by atoms with Crippen molar-refractivity contribution in [1.29, 1.82) is 0 Å². The van der Waals surface area contributed by atoms with Gasteiger partial charge in [0.25, 0.3) is 0 Å². The van der Waals surface area contributed by atoms with E-state index in [2.05, 4.69) is 0 Å². The first-order valence-electron chi connectivity index (χ1n) is 6.35. The van der Waals surface area contributed by atoms with Crippen molar-refractivity contribution in [3.8, 4) is 0 Å². The lowest BCUT2D eigenvalue weighted by molar-refractivity contribution is -0.173. The molecule has 1 amide bonds. The fraction of sp³-hybridized carbons (Fsp3) is 0.500. The number of alkyl halides is 3. The van der Waals surface area contributed by atoms with Crippen molar-refractivity contribution in [1.82, 2.24) is 5.32 Å². The Labute approximate surface area is 110 Å². The number of hydrogen-bond acceptors (Lipinski definition) is 1. The minimum atomic E-state index is -4.81. The highest BCUT2D eigenvalue weighted by Crippen LogP contribution is 2.40. The molecule has 0 atom stereocenters. The van der Waals surface area contributed by atoms with Crippen LogP contribution in [0.2, 0.25) is 0 Å². The lowest BCUT2D eigenvalue weighted by Crippen LogP contribution is -2.44. The van der Waals surface area contributed by atoms with E-state index >= 15 is 0 Å². The molecule has 0 aliphatic heterocycles. The Morgan fingerprint density at radius 1 is 1.16 bits per heavy atom. The molecule has 1 aliphatic carbocycles. The highest BCUT2D eigenvalue weighted by atomic mass is 19.4. The van der Waals surface area contributed by atoms with Gasteiger partial charge in [0.1, 0.15) is 0 Å². The highest BCUT2D eigenvalue weighted by molar-refractivity contribution is 5.81. The average molecular weight is 271 g/mol. The first-order valence-corrected chi connectivity index (χ1v) is 6.35. The standard InChI is InChI=1S/C14H16F3NO/c15-14(16,17)12(19)18-10-13(8-4-5-9-13)11-6-2-1-3-7-11/h1-3,6-7H,4-5,8-10H2,(H,18,19). The van der Waals surface area contributed by atoms with Crippen LogP contribution in [0.4, 0.5) is 13.2 Å². The Balaban J connectivity index is 2.12. The van der Waals surface area contributed by atoms with Gasteiger partial charge >= 0.3 is 12.1 Å². The number of halogens is 3. The minimum Gasteiger partial charge on any atom is -0.347 e.